The lowest BCUT2D eigenvalue weighted by Gasteiger charge is -2.21. The number of benzene rings is 2. The average Bonchev–Trinajstić information content (AvgIpc) is 2.81. The van der Waals surface area contributed by atoms with Gasteiger partial charge in [-0.3, -0.25) is 9.59 Å². The van der Waals surface area contributed by atoms with E-state index in [0.29, 0.717) is 17.5 Å². The molecule has 0 fully saturated rings. The number of ether oxygens (including phenoxy) is 1. The van der Waals surface area contributed by atoms with E-state index in [4.69, 9.17) is 4.74 Å². The summed E-state index contributed by atoms with van der Waals surface area (Å²) < 4.78 is 19.6. The van der Waals surface area contributed by atoms with E-state index < -0.39 is 7.14 Å². The molecular weight excluding hydrogens is 431 g/mol. The second-order valence-electron chi connectivity index (χ2n) is 8.98. The number of hydrogen-bond acceptors (Lipinski definition) is 4. The number of esters is 1. The molecule has 0 spiro atoms. The molecule has 2 aromatic carbocycles. The molecule has 0 aromatic heterocycles. The molecular formula is C28H39O4P. The minimum atomic E-state index is -3.52. The predicted molar refractivity (Wildman–Crippen MR) is 137 cm³/mol. The molecule has 0 heterocycles. The van der Waals surface area contributed by atoms with E-state index in [0.717, 1.165) is 41.5 Å². The average molecular weight is 471 g/mol. The fourth-order valence-corrected chi connectivity index (χ4v) is 6.75. The van der Waals surface area contributed by atoms with Gasteiger partial charge in [-0.1, -0.05) is 75.4 Å². The first-order valence-electron chi connectivity index (χ1n) is 12.1. The zero-order valence-electron chi connectivity index (χ0n) is 20.9. The van der Waals surface area contributed by atoms with Crippen molar-refractivity contribution in [2.24, 2.45) is 0 Å². The molecule has 0 saturated heterocycles. The van der Waals surface area contributed by atoms with E-state index in [9.17, 15) is 14.2 Å². The third-order valence-electron chi connectivity index (χ3n) is 6.46. The van der Waals surface area contributed by atoms with Crippen LogP contribution in [-0.4, -0.2) is 24.3 Å². The van der Waals surface area contributed by atoms with E-state index in [1.165, 1.54) is 19.3 Å². The van der Waals surface area contributed by atoms with Crippen LogP contribution in [0.5, 0.6) is 0 Å². The Morgan fingerprint density at radius 3 is 2.15 bits per heavy atom. The molecule has 1 atom stereocenters. The molecule has 0 radical (unpaired) electrons. The van der Waals surface area contributed by atoms with Crippen molar-refractivity contribution in [2.75, 3.05) is 12.8 Å². The summed E-state index contributed by atoms with van der Waals surface area (Å²) >= 11 is 0. The van der Waals surface area contributed by atoms with Crippen LogP contribution in [0, 0.1) is 27.7 Å². The Kier molecular flexibility index (Phi) is 10.6. The van der Waals surface area contributed by atoms with Crippen molar-refractivity contribution in [3.8, 4) is 0 Å². The number of aryl methyl sites for hydroxylation is 2. The maximum absolute atomic E-state index is 14.2. The highest BCUT2D eigenvalue weighted by Crippen LogP contribution is 2.49. The third kappa shape index (κ3) is 7.14. The molecule has 0 aliphatic carbocycles. The fourth-order valence-electron chi connectivity index (χ4n) is 4.20. The summed E-state index contributed by atoms with van der Waals surface area (Å²) in [6, 6.07) is 10.8. The van der Waals surface area contributed by atoms with Crippen LogP contribution in [0.2, 0.25) is 0 Å². The highest BCUT2D eigenvalue weighted by Gasteiger charge is 2.37. The van der Waals surface area contributed by atoms with Crippen LogP contribution >= 0.6 is 7.14 Å². The SMILES string of the molecule is CCCCCCCCOC(=O)CCP(=O)(C(=O)c1c(C)cc(C)c(C)c1C)c1ccccc1. The Balaban J connectivity index is 2.15. The van der Waals surface area contributed by atoms with E-state index in [1.54, 1.807) is 24.3 Å². The number of rotatable bonds is 13. The Labute approximate surface area is 199 Å². The molecule has 0 amide bonds. The second-order valence-corrected chi connectivity index (χ2v) is 11.8. The van der Waals surface area contributed by atoms with Gasteiger partial charge in [0.15, 0.2) is 7.14 Å². The Morgan fingerprint density at radius 2 is 1.48 bits per heavy atom. The quantitative estimate of drug-likeness (QED) is 0.179. The topological polar surface area (TPSA) is 60.4 Å². The number of carbonyl (C=O) groups is 2. The first kappa shape index (κ1) is 27.1. The van der Waals surface area contributed by atoms with Crippen LogP contribution in [0.15, 0.2) is 36.4 Å². The van der Waals surface area contributed by atoms with Crippen molar-refractivity contribution < 1.29 is 18.9 Å². The van der Waals surface area contributed by atoms with Gasteiger partial charge in [0.05, 0.1) is 13.0 Å². The van der Waals surface area contributed by atoms with Crippen molar-refractivity contribution in [1.29, 1.82) is 0 Å². The minimum absolute atomic E-state index is 0.0169. The molecule has 0 aliphatic rings. The predicted octanol–water partition coefficient (Wildman–Crippen LogP) is 7.04. The summed E-state index contributed by atoms with van der Waals surface area (Å²) in [7, 11) is -3.52. The number of unbranched alkanes of at least 4 members (excludes halogenated alkanes) is 5. The van der Waals surface area contributed by atoms with Gasteiger partial charge in [0.25, 0.3) is 0 Å². The van der Waals surface area contributed by atoms with Gasteiger partial charge >= 0.3 is 5.97 Å². The van der Waals surface area contributed by atoms with Crippen LogP contribution in [0.3, 0.4) is 0 Å². The first-order chi connectivity index (χ1) is 15.7. The van der Waals surface area contributed by atoms with Gasteiger partial charge < -0.3 is 9.30 Å². The monoisotopic (exact) mass is 470 g/mol. The van der Waals surface area contributed by atoms with Gasteiger partial charge in [-0.05, 0) is 56.4 Å². The van der Waals surface area contributed by atoms with Gasteiger partial charge in [-0.2, -0.15) is 0 Å². The molecule has 180 valence electrons. The molecule has 0 N–H and O–H groups in total. The lowest BCUT2D eigenvalue weighted by molar-refractivity contribution is -0.143. The maximum atomic E-state index is 14.2. The Bertz CT molecular complexity index is 995. The Hall–Kier alpha value is -2.19. The van der Waals surface area contributed by atoms with Gasteiger partial charge in [0, 0.05) is 17.0 Å². The van der Waals surface area contributed by atoms with Gasteiger partial charge in [0.2, 0.25) is 5.52 Å². The molecule has 1 unspecified atom stereocenters. The van der Waals surface area contributed by atoms with Gasteiger partial charge in [-0.25, -0.2) is 0 Å². The molecule has 2 aromatic rings. The van der Waals surface area contributed by atoms with E-state index >= 15 is 0 Å². The molecule has 33 heavy (non-hydrogen) atoms. The van der Waals surface area contributed by atoms with Crippen molar-refractivity contribution in [3.05, 3.63) is 64.2 Å². The number of hydrogen-bond donors (Lipinski definition) is 0. The summed E-state index contributed by atoms with van der Waals surface area (Å²) in [4.78, 5) is 26.1. The molecule has 0 aliphatic heterocycles. The van der Waals surface area contributed by atoms with Crippen LogP contribution < -0.4 is 5.30 Å². The van der Waals surface area contributed by atoms with Crippen LogP contribution in [0.4, 0.5) is 0 Å². The van der Waals surface area contributed by atoms with Crippen molar-refractivity contribution in [2.45, 2.75) is 79.6 Å². The highest BCUT2D eigenvalue weighted by atomic mass is 31.2. The summed E-state index contributed by atoms with van der Waals surface area (Å²) in [5.74, 6) is -0.388. The molecule has 2 rings (SSSR count). The lowest BCUT2D eigenvalue weighted by Crippen LogP contribution is -2.20. The highest BCUT2D eigenvalue weighted by molar-refractivity contribution is 7.87. The Morgan fingerprint density at radius 1 is 0.848 bits per heavy atom. The molecule has 5 heteroatoms. The standard InChI is InChI=1S/C28H39O4P/c1-6-7-8-9-10-14-18-32-26(29)17-19-33(31,25-15-12-11-13-16-25)28(30)27-22(3)20-21(2)23(4)24(27)5/h11-13,15-16,20H,6-10,14,17-19H2,1-5H3. The third-order valence-corrected chi connectivity index (χ3v) is 9.33. The number of carbonyl (C=O) groups excluding carboxylic acids is 2. The van der Waals surface area contributed by atoms with Crippen molar-refractivity contribution in [3.63, 3.8) is 0 Å². The van der Waals surface area contributed by atoms with Crippen LogP contribution in [-0.2, 0) is 14.1 Å². The van der Waals surface area contributed by atoms with Crippen molar-refractivity contribution in [1.82, 2.24) is 0 Å². The van der Waals surface area contributed by atoms with Crippen molar-refractivity contribution >= 4 is 23.9 Å². The molecule has 0 bridgehead atoms. The molecule has 4 nitrogen and oxygen atoms in total. The van der Waals surface area contributed by atoms with Gasteiger partial charge in [0.1, 0.15) is 0 Å². The van der Waals surface area contributed by atoms with Gasteiger partial charge in [-0.15, -0.1) is 0 Å². The lowest BCUT2D eigenvalue weighted by atomic mass is 9.95. The minimum Gasteiger partial charge on any atom is -0.466 e. The van der Waals surface area contributed by atoms with E-state index in [1.807, 2.05) is 39.8 Å². The maximum Gasteiger partial charge on any atom is 0.306 e. The summed E-state index contributed by atoms with van der Waals surface area (Å²) in [5, 5.41) is 0.496. The largest absolute Gasteiger partial charge is 0.466 e. The summed E-state index contributed by atoms with van der Waals surface area (Å²) in [6.07, 6.45) is 6.64. The van der Waals surface area contributed by atoms with Crippen LogP contribution in [0.1, 0.15) is 84.5 Å². The van der Waals surface area contributed by atoms with Crippen LogP contribution in [0.25, 0.3) is 0 Å². The van der Waals surface area contributed by atoms with E-state index in [-0.39, 0.29) is 24.1 Å². The zero-order chi connectivity index (χ0) is 24.4. The first-order valence-corrected chi connectivity index (χ1v) is 14.0. The zero-order valence-corrected chi connectivity index (χ0v) is 21.8. The summed E-state index contributed by atoms with van der Waals surface area (Å²) in [5.41, 5.74) is 3.97. The summed E-state index contributed by atoms with van der Waals surface area (Å²) in [6.45, 7) is 10.4. The smallest absolute Gasteiger partial charge is 0.306 e. The fraction of sp³-hybridized carbons (Fsp3) is 0.500. The second kappa shape index (κ2) is 12.9. The molecule has 0 saturated carbocycles. The normalized spacial score (nSPS) is 12.9. The van der Waals surface area contributed by atoms with E-state index in [2.05, 4.69) is 6.92 Å².